The van der Waals surface area contributed by atoms with Crippen molar-refractivity contribution >= 4 is 28.9 Å². The van der Waals surface area contributed by atoms with Crippen molar-refractivity contribution in [3.05, 3.63) is 82.4 Å². The molecule has 0 spiro atoms. The highest BCUT2D eigenvalue weighted by atomic mass is 16.7. The van der Waals surface area contributed by atoms with E-state index >= 15 is 0 Å². The van der Waals surface area contributed by atoms with Crippen molar-refractivity contribution in [3.8, 4) is 17.2 Å². The number of nitro benzene ring substituents is 1. The quantitative estimate of drug-likeness (QED) is 0.290. The Labute approximate surface area is 211 Å². The third-order valence-electron chi connectivity index (χ3n) is 6.36. The van der Waals surface area contributed by atoms with Crippen LogP contribution in [0, 0.1) is 16.0 Å². The summed E-state index contributed by atoms with van der Waals surface area (Å²) >= 11 is 0. The van der Waals surface area contributed by atoms with E-state index in [-0.39, 0.29) is 17.2 Å². The fourth-order valence-electron chi connectivity index (χ4n) is 4.71. The molecule has 2 aliphatic rings. The van der Waals surface area contributed by atoms with E-state index in [1.807, 2.05) is 6.92 Å². The lowest BCUT2D eigenvalue weighted by molar-refractivity contribution is -0.384. The number of carbonyl (C=O) groups excluding carboxylic acids is 2. The van der Waals surface area contributed by atoms with Gasteiger partial charge < -0.3 is 14.6 Å². The molecule has 1 N–H and O–H groups in total. The van der Waals surface area contributed by atoms with Crippen LogP contribution in [0.25, 0.3) is 0 Å². The zero-order chi connectivity index (χ0) is 26.3. The third kappa shape index (κ3) is 4.08. The van der Waals surface area contributed by atoms with Gasteiger partial charge >= 0.3 is 0 Å². The Kier molecular flexibility index (Phi) is 6.14. The second-order valence-corrected chi connectivity index (χ2v) is 8.47. The number of anilines is 2. The van der Waals surface area contributed by atoms with Gasteiger partial charge in [-0.15, -0.1) is 0 Å². The number of imide groups is 1. The van der Waals surface area contributed by atoms with E-state index in [0.29, 0.717) is 29.3 Å². The van der Waals surface area contributed by atoms with Gasteiger partial charge in [-0.25, -0.2) is 9.96 Å². The zero-order valence-corrected chi connectivity index (χ0v) is 19.9. The third-order valence-corrected chi connectivity index (χ3v) is 6.36. The van der Waals surface area contributed by atoms with Crippen molar-refractivity contribution in [2.45, 2.75) is 19.1 Å². The number of aromatic hydroxyl groups is 1. The lowest BCUT2D eigenvalue weighted by atomic mass is 9.90. The number of methoxy groups -OCH3 is 1. The molecule has 0 aliphatic carbocycles. The topological polar surface area (TPSA) is 132 Å². The predicted octanol–water partition coefficient (Wildman–Crippen LogP) is 3.76. The Bertz CT molecular complexity index is 1380. The van der Waals surface area contributed by atoms with E-state index in [0.717, 1.165) is 4.90 Å². The van der Waals surface area contributed by atoms with E-state index in [4.69, 9.17) is 14.3 Å². The molecular formula is C26H23N3O8. The normalized spacial score (nSPS) is 20.8. The van der Waals surface area contributed by atoms with E-state index in [1.54, 1.807) is 42.5 Å². The van der Waals surface area contributed by atoms with Crippen LogP contribution in [0.15, 0.2) is 66.7 Å². The molecule has 11 heteroatoms. The maximum atomic E-state index is 13.7. The summed E-state index contributed by atoms with van der Waals surface area (Å²) in [6.45, 7) is 2.33. The highest BCUT2D eigenvalue weighted by Gasteiger charge is 2.60. The lowest BCUT2D eigenvalue weighted by Gasteiger charge is -2.29. The Morgan fingerprint density at radius 1 is 1.03 bits per heavy atom. The molecule has 3 aromatic carbocycles. The molecule has 11 nitrogen and oxygen atoms in total. The fraction of sp³-hybridized carbons (Fsp3) is 0.231. The zero-order valence-electron chi connectivity index (χ0n) is 19.9. The number of phenols is 1. The molecule has 0 bridgehead atoms. The van der Waals surface area contributed by atoms with Crippen LogP contribution < -0.4 is 19.4 Å². The van der Waals surface area contributed by atoms with Crippen molar-refractivity contribution < 1.29 is 33.9 Å². The van der Waals surface area contributed by atoms with Crippen LogP contribution in [-0.2, 0) is 14.4 Å². The summed E-state index contributed by atoms with van der Waals surface area (Å²) in [6.07, 6.45) is -1.16. The number of benzene rings is 3. The van der Waals surface area contributed by atoms with Gasteiger partial charge in [-0.1, -0.05) is 12.1 Å². The smallest absolute Gasteiger partial charge is 0.271 e. The number of carbonyl (C=O) groups is 2. The van der Waals surface area contributed by atoms with Crippen LogP contribution >= 0.6 is 0 Å². The molecule has 0 aromatic heterocycles. The highest BCUT2D eigenvalue weighted by molar-refractivity contribution is 6.24. The van der Waals surface area contributed by atoms with E-state index in [2.05, 4.69) is 0 Å². The molecule has 0 unspecified atom stereocenters. The fourth-order valence-corrected chi connectivity index (χ4v) is 4.71. The molecular weight excluding hydrogens is 482 g/mol. The number of fused-ring (bicyclic) bond motifs is 1. The van der Waals surface area contributed by atoms with Gasteiger partial charge in [0.05, 0.1) is 36.1 Å². The van der Waals surface area contributed by atoms with Gasteiger partial charge in [0.25, 0.3) is 11.6 Å². The second kappa shape index (κ2) is 9.43. The Morgan fingerprint density at radius 3 is 2.46 bits per heavy atom. The first-order valence-corrected chi connectivity index (χ1v) is 11.5. The molecule has 0 radical (unpaired) electrons. The summed E-state index contributed by atoms with van der Waals surface area (Å²) < 4.78 is 10.7. The number of hydrogen-bond donors (Lipinski definition) is 1. The largest absolute Gasteiger partial charge is 0.504 e. The van der Waals surface area contributed by atoms with Gasteiger partial charge in [0.1, 0.15) is 11.7 Å². The van der Waals surface area contributed by atoms with Crippen molar-refractivity contribution in [2.75, 3.05) is 23.7 Å². The van der Waals surface area contributed by atoms with Crippen LogP contribution in [0.4, 0.5) is 17.1 Å². The monoisotopic (exact) mass is 505 g/mol. The molecule has 2 aliphatic heterocycles. The molecule has 3 aromatic rings. The van der Waals surface area contributed by atoms with Crippen molar-refractivity contribution in [1.29, 1.82) is 0 Å². The van der Waals surface area contributed by atoms with Gasteiger partial charge in [-0.3, -0.25) is 24.5 Å². The molecule has 2 saturated heterocycles. The van der Waals surface area contributed by atoms with Crippen LogP contribution in [0.1, 0.15) is 18.5 Å². The maximum Gasteiger partial charge on any atom is 0.271 e. The second-order valence-electron chi connectivity index (χ2n) is 8.47. The minimum atomic E-state index is -1.16. The first-order chi connectivity index (χ1) is 17.8. The van der Waals surface area contributed by atoms with Gasteiger partial charge in [0.2, 0.25) is 5.91 Å². The summed E-state index contributed by atoms with van der Waals surface area (Å²) in [5.74, 6) is -1.33. The number of amides is 2. The maximum absolute atomic E-state index is 13.7. The van der Waals surface area contributed by atoms with E-state index in [1.165, 1.54) is 36.4 Å². The predicted molar refractivity (Wildman–Crippen MR) is 131 cm³/mol. The summed E-state index contributed by atoms with van der Waals surface area (Å²) in [7, 11) is 1.39. The molecule has 2 fully saturated rings. The van der Waals surface area contributed by atoms with Crippen LogP contribution in [0.3, 0.4) is 0 Å². The minimum Gasteiger partial charge on any atom is -0.504 e. The molecule has 37 heavy (non-hydrogen) atoms. The average Bonchev–Trinajstić information content (AvgIpc) is 3.41. The number of nitro groups is 1. The number of rotatable bonds is 7. The molecule has 0 saturated carbocycles. The number of non-ortho nitro benzene ring substituents is 1. The number of nitrogens with zero attached hydrogens (tertiary/aromatic N) is 3. The molecule has 3 atom stereocenters. The Hall–Kier alpha value is -4.64. The van der Waals surface area contributed by atoms with Gasteiger partial charge in [0, 0.05) is 12.1 Å². The number of hydrogen-bond acceptors (Lipinski definition) is 9. The summed E-state index contributed by atoms with van der Waals surface area (Å²) in [5, 5.41) is 22.8. The standard InChI is InChI=1S/C26H23N3O8/c1-3-36-19-10-8-16(9-11-19)27-25(31)22-23(15-7-12-20(30)21(13-15)35-2)28(37-24(22)26(27)32)17-5-4-6-18(14-17)29(33)34/h4-14,22-24,30H,3H2,1-2H3/t22-,23+,24-/m0/s1. The summed E-state index contributed by atoms with van der Waals surface area (Å²) in [4.78, 5) is 45.2. The van der Waals surface area contributed by atoms with Crippen molar-refractivity contribution in [1.82, 2.24) is 0 Å². The molecule has 190 valence electrons. The summed E-state index contributed by atoms with van der Waals surface area (Å²) in [6, 6.07) is 16.0. The van der Waals surface area contributed by atoms with Crippen LogP contribution in [0.2, 0.25) is 0 Å². The Morgan fingerprint density at radius 2 is 1.78 bits per heavy atom. The van der Waals surface area contributed by atoms with Gasteiger partial charge in [0.15, 0.2) is 17.6 Å². The first-order valence-electron chi connectivity index (χ1n) is 11.5. The van der Waals surface area contributed by atoms with Gasteiger partial charge in [-0.05, 0) is 55.0 Å². The highest BCUT2D eigenvalue weighted by Crippen LogP contribution is 2.49. The van der Waals surface area contributed by atoms with Crippen molar-refractivity contribution in [2.24, 2.45) is 5.92 Å². The van der Waals surface area contributed by atoms with E-state index in [9.17, 15) is 24.8 Å². The number of ether oxygens (including phenoxy) is 2. The molecule has 2 amide bonds. The average molecular weight is 505 g/mol. The molecule has 2 heterocycles. The Balaban J connectivity index is 1.57. The van der Waals surface area contributed by atoms with Gasteiger partial charge in [-0.2, -0.15) is 0 Å². The van der Waals surface area contributed by atoms with Crippen molar-refractivity contribution in [3.63, 3.8) is 0 Å². The minimum absolute atomic E-state index is 0.103. The van der Waals surface area contributed by atoms with E-state index < -0.39 is 34.8 Å². The summed E-state index contributed by atoms with van der Waals surface area (Å²) in [5.41, 5.74) is 1.02. The number of hydroxylamine groups is 1. The molecule has 5 rings (SSSR count). The van der Waals surface area contributed by atoms with Crippen LogP contribution in [-0.4, -0.2) is 41.7 Å². The first kappa shape index (κ1) is 24.1. The number of phenolic OH excluding ortho intramolecular Hbond substituents is 1. The lowest BCUT2D eigenvalue weighted by Crippen LogP contribution is -2.37. The SMILES string of the molecule is CCOc1ccc(N2C(=O)[C@@H]3[C@H](ON(c4cccc([N+](=O)[O-])c4)[C@@H]3c3ccc(O)c(OC)c3)C2=O)cc1. The van der Waals surface area contributed by atoms with Crippen LogP contribution in [0.5, 0.6) is 17.2 Å².